The van der Waals surface area contributed by atoms with E-state index in [2.05, 4.69) is 0 Å². The molecule has 0 radical (unpaired) electrons. The van der Waals surface area contributed by atoms with Crippen LogP contribution in [-0.4, -0.2) is 27.9 Å². The molecule has 2 bridgehead atoms. The number of rotatable bonds is 2. The fourth-order valence-corrected chi connectivity index (χ4v) is 3.39. The van der Waals surface area contributed by atoms with Crippen molar-refractivity contribution in [3.05, 3.63) is 0 Å². The van der Waals surface area contributed by atoms with Crippen molar-refractivity contribution in [3.8, 4) is 0 Å². The lowest BCUT2D eigenvalue weighted by Crippen LogP contribution is -2.47. The third-order valence-electron chi connectivity index (χ3n) is 4.60. The van der Waals surface area contributed by atoms with Crippen LogP contribution >= 0.6 is 0 Å². The van der Waals surface area contributed by atoms with Crippen LogP contribution in [-0.2, 0) is 14.4 Å². The van der Waals surface area contributed by atoms with E-state index in [9.17, 15) is 24.6 Å². The first-order valence-electron chi connectivity index (χ1n) is 5.22. The van der Waals surface area contributed by atoms with Crippen LogP contribution in [0.1, 0.15) is 33.1 Å². The SMILES string of the molecule is CC1(C)C(=O)[C@@]2(C(=O)O)CC[C@]1(C(=O)O)C2. The summed E-state index contributed by atoms with van der Waals surface area (Å²) < 4.78 is 0. The second-order valence-electron chi connectivity index (χ2n) is 5.41. The first kappa shape index (κ1) is 11.1. The molecule has 0 unspecified atom stereocenters. The average Bonchev–Trinajstić information content (AvgIpc) is 2.64. The number of aliphatic carboxylic acids is 2. The maximum atomic E-state index is 12.1. The molecule has 0 amide bonds. The molecule has 0 aliphatic heterocycles. The van der Waals surface area contributed by atoms with E-state index in [1.54, 1.807) is 13.8 Å². The van der Waals surface area contributed by atoms with E-state index in [1.807, 2.05) is 0 Å². The highest BCUT2D eigenvalue weighted by Gasteiger charge is 2.75. The Balaban J connectivity index is 2.61. The molecule has 5 heteroatoms. The van der Waals surface area contributed by atoms with Crippen molar-refractivity contribution >= 4 is 17.7 Å². The molecule has 0 saturated heterocycles. The van der Waals surface area contributed by atoms with Gasteiger partial charge in [0.2, 0.25) is 0 Å². The van der Waals surface area contributed by atoms with Gasteiger partial charge in [-0.1, -0.05) is 13.8 Å². The van der Waals surface area contributed by atoms with Gasteiger partial charge in [0.05, 0.1) is 5.41 Å². The van der Waals surface area contributed by atoms with Crippen molar-refractivity contribution in [2.75, 3.05) is 0 Å². The molecule has 2 fully saturated rings. The smallest absolute Gasteiger partial charge is 0.317 e. The summed E-state index contributed by atoms with van der Waals surface area (Å²) in [6, 6.07) is 0. The Morgan fingerprint density at radius 3 is 2.00 bits per heavy atom. The first-order valence-corrected chi connectivity index (χ1v) is 5.22. The monoisotopic (exact) mass is 226 g/mol. The summed E-state index contributed by atoms with van der Waals surface area (Å²) in [5.41, 5.74) is -3.74. The number of ketones is 1. The summed E-state index contributed by atoms with van der Waals surface area (Å²) in [7, 11) is 0. The lowest BCUT2D eigenvalue weighted by molar-refractivity contribution is -0.162. The van der Waals surface area contributed by atoms with Gasteiger partial charge in [-0.25, -0.2) is 0 Å². The van der Waals surface area contributed by atoms with Crippen LogP contribution in [0, 0.1) is 16.2 Å². The summed E-state index contributed by atoms with van der Waals surface area (Å²) in [5, 5.41) is 18.5. The Kier molecular flexibility index (Phi) is 1.84. The predicted octanol–water partition coefficient (Wildman–Crippen LogP) is 0.921. The number of fused-ring (bicyclic) bond motifs is 2. The molecule has 2 aliphatic rings. The van der Waals surface area contributed by atoms with Crippen LogP contribution in [0.15, 0.2) is 0 Å². The normalized spacial score (nSPS) is 40.0. The van der Waals surface area contributed by atoms with Gasteiger partial charge in [-0.05, 0) is 19.3 Å². The summed E-state index contributed by atoms with van der Waals surface area (Å²) in [6.45, 7) is 3.10. The molecule has 5 nitrogen and oxygen atoms in total. The van der Waals surface area contributed by atoms with Crippen molar-refractivity contribution in [2.24, 2.45) is 16.2 Å². The molecular formula is C11H14O5. The van der Waals surface area contributed by atoms with Crippen molar-refractivity contribution in [3.63, 3.8) is 0 Å². The Hall–Kier alpha value is -1.39. The Morgan fingerprint density at radius 2 is 1.69 bits per heavy atom. The van der Waals surface area contributed by atoms with Crippen LogP contribution in [0.25, 0.3) is 0 Å². The zero-order chi connectivity index (χ0) is 12.4. The first-order chi connectivity index (χ1) is 7.21. The van der Waals surface area contributed by atoms with Gasteiger partial charge in [-0.15, -0.1) is 0 Å². The van der Waals surface area contributed by atoms with Crippen molar-refractivity contribution in [2.45, 2.75) is 33.1 Å². The second-order valence-corrected chi connectivity index (χ2v) is 5.41. The highest BCUT2D eigenvalue weighted by molar-refractivity contribution is 6.12. The highest BCUT2D eigenvalue weighted by Crippen LogP contribution is 2.67. The van der Waals surface area contributed by atoms with Crippen molar-refractivity contribution in [1.29, 1.82) is 0 Å². The molecule has 2 atom stereocenters. The number of hydrogen-bond acceptors (Lipinski definition) is 3. The Labute approximate surface area is 92.5 Å². The maximum Gasteiger partial charge on any atom is 0.317 e. The number of carbonyl (C=O) groups is 3. The number of carboxylic acids is 2. The zero-order valence-corrected chi connectivity index (χ0v) is 9.24. The van der Waals surface area contributed by atoms with E-state index in [-0.39, 0.29) is 19.3 Å². The molecular weight excluding hydrogens is 212 g/mol. The quantitative estimate of drug-likeness (QED) is 0.683. The van der Waals surface area contributed by atoms with E-state index < -0.39 is 34.0 Å². The standard InChI is InChI=1S/C11H14O5/c1-9(2)6(12)10(7(13)14)3-4-11(9,5-10)8(15)16/h3-5H2,1-2H3,(H,13,14)(H,15,16)/t10-,11-/m1/s1. The fraction of sp³-hybridized carbons (Fsp3) is 0.727. The van der Waals surface area contributed by atoms with E-state index in [0.717, 1.165) is 0 Å². The van der Waals surface area contributed by atoms with Crippen molar-refractivity contribution < 1.29 is 24.6 Å². The molecule has 16 heavy (non-hydrogen) atoms. The van der Waals surface area contributed by atoms with Gasteiger partial charge < -0.3 is 10.2 Å². The molecule has 2 saturated carbocycles. The van der Waals surface area contributed by atoms with Crippen LogP contribution in [0.5, 0.6) is 0 Å². The number of carboxylic acid groups (broad SMARTS) is 2. The van der Waals surface area contributed by atoms with E-state index in [4.69, 9.17) is 0 Å². The molecule has 2 rings (SSSR count). The molecule has 0 spiro atoms. The van der Waals surface area contributed by atoms with E-state index in [0.29, 0.717) is 0 Å². The molecule has 0 aromatic carbocycles. The van der Waals surface area contributed by atoms with Crippen molar-refractivity contribution in [1.82, 2.24) is 0 Å². The second kappa shape index (κ2) is 2.64. The summed E-state index contributed by atoms with van der Waals surface area (Å²) in [5.74, 6) is -2.65. The number of hydrogen-bond donors (Lipinski definition) is 2. The third kappa shape index (κ3) is 0.854. The lowest BCUT2D eigenvalue weighted by atomic mass is 9.63. The van der Waals surface area contributed by atoms with Gasteiger partial charge in [-0.2, -0.15) is 0 Å². The minimum absolute atomic E-state index is 0.0590. The van der Waals surface area contributed by atoms with Gasteiger partial charge in [-0.3, -0.25) is 14.4 Å². The fourth-order valence-electron chi connectivity index (χ4n) is 3.39. The number of carbonyl (C=O) groups excluding carboxylic acids is 1. The predicted molar refractivity (Wildman–Crippen MR) is 52.8 cm³/mol. The van der Waals surface area contributed by atoms with Crippen LogP contribution in [0.4, 0.5) is 0 Å². The minimum atomic E-state index is -1.46. The highest BCUT2D eigenvalue weighted by atomic mass is 16.4. The topological polar surface area (TPSA) is 91.7 Å². The molecule has 0 heterocycles. The van der Waals surface area contributed by atoms with Gasteiger partial charge in [0.15, 0.2) is 5.78 Å². The van der Waals surface area contributed by atoms with E-state index in [1.165, 1.54) is 0 Å². The molecule has 2 aliphatic carbocycles. The Morgan fingerprint density at radius 1 is 1.12 bits per heavy atom. The third-order valence-corrected chi connectivity index (χ3v) is 4.60. The summed E-state index contributed by atoms with van der Waals surface area (Å²) in [4.78, 5) is 34.7. The van der Waals surface area contributed by atoms with Crippen LogP contribution in [0.2, 0.25) is 0 Å². The minimum Gasteiger partial charge on any atom is -0.481 e. The largest absolute Gasteiger partial charge is 0.481 e. The van der Waals surface area contributed by atoms with E-state index >= 15 is 0 Å². The summed E-state index contributed by atoms with van der Waals surface area (Å²) in [6.07, 6.45) is 0.362. The lowest BCUT2D eigenvalue weighted by Gasteiger charge is -2.37. The van der Waals surface area contributed by atoms with Crippen LogP contribution < -0.4 is 0 Å². The Bertz CT molecular complexity index is 411. The van der Waals surface area contributed by atoms with Gasteiger partial charge >= 0.3 is 11.9 Å². The molecule has 0 aromatic rings. The molecule has 0 aromatic heterocycles. The molecule has 2 N–H and O–H groups in total. The van der Waals surface area contributed by atoms with Crippen LogP contribution in [0.3, 0.4) is 0 Å². The molecule has 88 valence electrons. The van der Waals surface area contributed by atoms with Gasteiger partial charge in [0.25, 0.3) is 0 Å². The summed E-state index contributed by atoms with van der Waals surface area (Å²) >= 11 is 0. The van der Waals surface area contributed by atoms with Gasteiger partial charge in [0.1, 0.15) is 5.41 Å². The maximum absolute atomic E-state index is 12.1. The zero-order valence-electron chi connectivity index (χ0n) is 9.24. The van der Waals surface area contributed by atoms with Gasteiger partial charge in [0, 0.05) is 5.41 Å². The average molecular weight is 226 g/mol. The number of Topliss-reactive ketones (excluding diaryl/α,β-unsaturated/α-hetero) is 1.